The number of amides is 6. The molecule has 21 N–H and O–H groups in total. The first kappa shape index (κ1) is 72.5. The van der Waals surface area contributed by atoms with Crippen LogP contribution >= 0.6 is 0 Å². The number of primary amides is 1. The first-order valence-corrected chi connectivity index (χ1v) is 28.9. The maximum absolute atomic E-state index is 14.1. The fourth-order valence-electron chi connectivity index (χ4n) is 11.0. The van der Waals surface area contributed by atoms with Crippen LogP contribution in [-0.2, 0) is 65.5 Å². The van der Waals surface area contributed by atoms with E-state index in [4.69, 9.17) is 34.2 Å². The summed E-state index contributed by atoms with van der Waals surface area (Å²) in [4.78, 5) is 120. The Hall–Kier alpha value is -7.95. The van der Waals surface area contributed by atoms with E-state index in [9.17, 15) is 115 Å². The molecule has 5 unspecified atom stereocenters. The van der Waals surface area contributed by atoms with Gasteiger partial charge in [0.15, 0.2) is 30.3 Å². The third-order valence-electron chi connectivity index (χ3n) is 16.1. The zero-order valence-corrected chi connectivity index (χ0v) is 50.1. The van der Waals surface area contributed by atoms with Gasteiger partial charge >= 0.3 is 6.09 Å². The van der Waals surface area contributed by atoms with E-state index >= 15 is 0 Å². The smallest absolute Gasteiger partial charge is 0.407 e. The Balaban J connectivity index is 0.936. The number of phenols is 2. The molecule has 2 aliphatic heterocycles. The van der Waals surface area contributed by atoms with Gasteiger partial charge in [0, 0.05) is 41.6 Å². The minimum atomic E-state index is -2.66. The van der Waals surface area contributed by atoms with Gasteiger partial charge in [0.05, 0.1) is 67.8 Å². The highest BCUT2D eigenvalue weighted by molar-refractivity contribution is 6.31. The van der Waals surface area contributed by atoms with Crippen molar-refractivity contribution in [1.82, 2.24) is 21.3 Å². The number of Topliss-reactive ketones (excluding diaryl/α,β-unsaturated/α-hetero) is 1. The van der Waals surface area contributed by atoms with Crippen LogP contribution in [0.15, 0.2) is 42.5 Å². The highest BCUT2D eigenvalue weighted by atomic mass is 16.7. The van der Waals surface area contributed by atoms with E-state index in [0.717, 1.165) is 13.8 Å². The predicted octanol–water partition coefficient (Wildman–Crippen LogP) is -7.10. The number of nitrogens with two attached hydrogens (primary N) is 1. The molecule has 2 aliphatic carbocycles. The highest BCUT2D eigenvalue weighted by Crippen LogP contribution is 2.52. The molecular weight excluding hydrogens is 1240 g/mol. The summed E-state index contributed by atoms with van der Waals surface area (Å²) >= 11 is 0. The van der Waals surface area contributed by atoms with E-state index in [2.05, 4.69) is 21.3 Å². The number of ketones is 3. The largest absolute Gasteiger partial charge is 0.507 e. The van der Waals surface area contributed by atoms with Gasteiger partial charge in [-0.2, -0.15) is 0 Å². The average molecular weight is 1320 g/mol. The molecule has 7 rings (SSSR count). The second kappa shape index (κ2) is 30.4. The number of methoxy groups -OCH3 is 1. The topological polar surface area (TPSA) is 578 Å². The van der Waals surface area contributed by atoms with Gasteiger partial charge < -0.3 is 132 Å². The van der Waals surface area contributed by atoms with Gasteiger partial charge in [-0.1, -0.05) is 24.3 Å². The lowest BCUT2D eigenvalue weighted by atomic mass is 9.72. The van der Waals surface area contributed by atoms with Crippen molar-refractivity contribution >= 4 is 58.7 Å². The number of hydrogen-bond acceptors (Lipinski definition) is 29. The molecule has 35 heteroatoms. The van der Waals surface area contributed by atoms with Gasteiger partial charge in [-0.3, -0.25) is 38.4 Å². The van der Waals surface area contributed by atoms with Crippen LogP contribution in [0.25, 0.3) is 0 Å². The summed E-state index contributed by atoms with van der Waals surface area (Å²) in [5.74, 6) is -10.7. The predicted molar refractivity (Wildman–Crippen MR) is 307 cm³/mol. The lowest BCUT2D eigenvalue weighted by Crippen LogP contribution is -2.63. The number of phenolic OH excluding ortho intramolecular Hbond substituents is 2. The Bertz CT molecular complexity index is 3300. The molecule has 3 aromatic rings. The third-order valence-corrected chi connectivity index (χ3v) is 16.1. The molecule has 0 radical (unpaired) electrons. The number of nitrogens with one attached hydrogen (secondary N) is 5. The molecule has 0 aromatic heterocycles. The van der Waals surface area contributed by atoms with E-state index in [1.807, 2.05) is 5.32 Å². The van der Waals surface area contributed by atoms with Crippen LogP contribution in [0.1, 0.15) is 94.7 Å². The molecule has 0 bridgehead atoms. The number of alkyl carbamates (subject to hydrolysis) is 1. The van der Waals surface area contributed by atoms with Crippen molar-refractivity contribution in [2.45, 2.75) is 169 Å². The molecule has 2 fully saturated rings. The summed E-state index contributed by atoms with van der Waals surface area (Å²) in [6, 6.07) is 3.10. The van der Waals surface area contributed by atoms with Crippen LogP contribution in [0, 0.1) is 0 Å². The highest BCUT2D eigenvalue weighted by Gasteiger charge is 2.52. The monoisotopic (exact) mass is 1320 g/mol. The zero-order chi connectivity index (χ0) is 68.8. The quantitative estimate of drug-likeness (QED) is 0.0260. The van der Waals surface area contributed by atoms with Crippen molar-refractivity contribution < 1.29 is 143 Å². The summed E-state index contributed by atoms with van der Waals surface area (Å²) in [7, 11) is 1.25. The molecule has 2 heterocycles. The van der Waals surface area contributed by atoms with Crippen LogP contribution in [0.5, 0.6) is 17.2 Å². The Morgan fingerprint density at radius 2 is 1.45 bits per heavy atom. The van der Waals surface area contributed by atoms with Gasteiger partial charge in [-0.25, -0.2) is 4.79 Å². The summed E-state index contributed by atoms with van der Waals surface area (Å²) in [5.41, 5.74) is 1.05. The van der Waals surface area contributed by atoms with Crippen LogP contribution in [-0.4, -0.2) is 261 Å². The van der Waals surface area contributed by atoms with Crippen LogP contribution in [0.3, 0.4) is 0 Å². The number of benzene rings is 3. The molecule has 4 aliphatic rings. The van der Waals surface area contributed by atoms with Crippen molar-refractivity contribution in [2.75, 3.05) is 32.2 Å². The lowest BCUT2D eigenvalue weighted by Gasteiger charge is -2.42. The number of carbonyl (C=O) groups is 9. The molecule has 19 atom stereocenters. The second-order valence-electron chi connectivity index (χ2n) is 22.7. The number of ether oxygens (including phenoxy) is 6. The molecule has 510 valence electrons. The molecule has 6 amide bonds. The number of anilines is 1. The fraction of sp³-hybridized carbons (Fsp3) is 0.534. The summed E-state index contributed by atoms with van der Waals surface area (Å²) < 4.78 is 33.3. The Morgan fingerprint density at radius 3 is 2.06 bits per heavy atom. The number of aliphatic hydroxyl groups is 12. The van der Waals surface area contributed by atoms with Gasteiger partial charge in [-0.05, 0) is 44.5 Å². The number of rotatable bonds is 26. The van der Waals surface area contributed by atoms with E-state index in [-0.39, 0.29) is 40.1 Å². The van der Waals surface area contributed by atoms with Gasteiger partial charge in [0.2, 0.25) is 29.4 Å². The molecule has 35 nitrogen and oxygen atoms in total. The average Bonchev–Trinajstić information content (AvgIpc) is 0.712. The van der Waals surface area contributed by atoms with E-state index < -0.39 is 237 Å². The van der Waals surface area contributed by atoms with Crippen LogP contribution in [0.4, 0.5) is 10.5 Å². The van der Waals surface area contributed by atoms with Crippen molar-refractivity contribution in [2.24, 2.45) is 5.73 Å². The Kier molecular flexibility index (Phi) is 23.7. The SMILES string of the molecule is COc1cccc2c1C(=O)c1c(O)c3c(c(O)c1C2=O)C[C@](O)(C(=O)CO)CC3O[C@H]1C[C@H](NC(=O)OCc2ccc(NC(=O)C(CC(N)=O)NC(=O)C(C)NC(=O)C(NC(=O)[C@H](O)[C@H](O)[C@@H](O[C@@H]3O[C@H](CO)[C@H](O)[C@H](O)[C@H]3O)[C@H](O)CO)C(C)O)cc2)[C@H](O)[C@H](C)O1. The number of aliphatic hydroxyl groups excluding tert-OH is 11. The molecule has 0 spiro atoms. The molecule has 0 saturated carbocycles. The molecule has 2 saturated heterocycles. The first-order chi connectivity index (χ1) is 43.8. The van der Waals surface area contributed by atoms with Gasteiger partial charge in [0.1, 0.15) is 103 Å². The maximum atomic E-state index is 14.1. The summed E-state index contributed by atoms with van der Waals surface area (Å²) in [6.07, 6.45) is -30.1. The lowest BCUT2D eigenvalue weighted by molar-refractivity contribution is -0.326. The number of carbonyl (C=O) groups excluding carboxylic acids is 9. The van der Waals surface area contributed by atoms with Crippen molar-refractivity contribution in [3.63, 3.8) is 0 Å². The van der Waals surface area contributed by atoms with Gasteiger partial charge in [0.25, 0.3) is 5.91 Å². The number of hydrogen-bond donors (Lipinski definition) is 20. The Morgan fingerprint density at radius 1 is 0.785 bits per heavy atom. The minimum Gasteiger partial charge on any atom is -0.507 e. The maximum Gasteiger partial charge on any atom is 0.407 e. The van der Waals surface area contributed by atoms with Crippen LogP contribution < -0.4 is 37.1 Å². The van der Waals surface area contributed by atoms with E-state index in [0.29, 0.717) is 5.56 Å². The Labute approximate surface area is 526 Å². The summed E-state index contributed by atoms with van der Waals surface area (Å²) in [5, 5.41) is 160. The van der Waals surface area contributed by atoms with Crippen molar-refractivity contribution in [3.05, 3.63) is 81.4 Å². The summed E-state index contributed by atoms with van der Waals surface area (Å²) in [6.45, 7) is -0.201. The van der Waals surface area contributed by atoms with Crippen LogP contribution in [0.2, 0.25) is 0 Å². The minimum absolute atomic E-state index is 0.0122. The first-order valence-electron chi connectivity index (χ1n) is 28.9. The molecule has 3 aromatic carbocycles. The number of fused-ring (bicyclic) bond motifs is 3. The van der Waals surface area contributed by atoms with Gasteiger partial charge in [-0.15, -0.1) is 0 Å². The third kappa shape index (κ3) is 15.8. The molecular formula is C58H74N6O29. The second-order valence-corrected chi connectivity index (χ2v) is 22.7. The number of aromatic hydroxyl groups is 2. The van der Waals surface area contributed by atoms with Crippen molar-refractivity contribution in [1.29, 1.82) is 0 Å². The zero-order valence-electron chi connectivity index (χ0n) is 50.1. The van der Waals surface area contributed by atoms with Crippen molar-refractivity contribution in [3.8, 4) is 17.2 Å². The normalized spacial score (nSPS) is 26.8. The fourth-order valence-corrected chi connectivity index (χ4v) is 11.0. The molecule has 93 heavy (non-hydrogen) atoms. The van der Waals surface area contributed by atoms with E-state index in [1.54, 1.807) is 0 Å². The van der Waals surface area contributed by atoms with E-state index in [1.165, 1.54) is 56.5 Å². The standard InChI is InChI=1S/C58H74N6O29/c1-20(60-54(84)40(21(2)68)64-55(85)49(80)48(79)51(29(69)16-65)93-56-50(81)47(78)44(75)32(17-66)92-56)52(82)62-28(12-34(59)71)53(83)61-24-10-8-23(9-11-24)19-89-57(86)63-27-13-35(90-22(3)41(27)72)91-31-15-58(87,33(70)18-67)14-26-37(31)46(77)39-38(43(26)74)42(73)25-6-5-7-30(88-4)36(25)45(39)76/h5-11,20-22,27-29,31-32,35,40-41,44,47-51,56,65-69,72,74-75,77-81,87H,12-19H2,1-4H3,(H2,59,71)(H,60,84)(H,61,83)(H,62,82)(H,63,86)(H,64,85)/t20?,21?,22-,27-,28?,29+,31?,32+,35-,40?,41+,44-,47-,48-,49+,50+,51-,56-,58+/m0/s1.